The molecule has 0 spiro atoms. The molecule has 29 heavy (non-hydrogen) atoms. The fraction of sp³-hybridized carbons (Fsp3) is 0.316. The monoisotopic (exact) mass is 428 g/mol. The number of carbonyl (C=O) groups excluding carboxylic acids is 1. The molecule has 0 aliphatic heterocycles. The van der Waals surface area contributed by atoms with E-state index in [2.05, 4.69) is 10.0 Å². The molecular weight excluding hydrogens is 409 g/mol. The predicted octanol–water partition coefficient (Wildman–Crippen LogP) is 2.76. The Balaban J connectivity index is 1.69. The minimum atomic E-state index is -4.32. The zero-order chi connectivity index (χ0) is 21.2. The van der Waals surface area contributed by atoms with Crippen LogP contribution in [0.25, 0.3) is 0 Å². The Morgan fingerprint density at radius 1 is 1.17 bits per heavy atom. The van der Waals surface area contributed by atoms with Crippen molar-refractivity contribution in [2.24, 2.45) is 5.92 Å². The van der Waals surface area contributed by atoms with Gasteiger partial charge in [-0.1, -0.05) is 18.2 Å². The van der Waals surface area contributed by atoms with E-state index in [9.17, 15) is 31.5 Å². The zero-order valence-electron chi connectivity index (χ0n) is 15.1. The Hall–Kier alpha value is -2.43. The molecule has 0 atom stereocenters. The van der Waals surface area contributed by atoms with Crippen LogP contribution in [-0.4, -0.2) is 38.0 Å². The highest BCUT2D eigenvalue weighted by molar-refractivity contribution is 7.89. The Morgan fingerprint density at radius 2 is 1.83 bits per heavy atom. The summed E-state index contributed by atoms with van der Waals surface area (Å²) >= 11 is 0. The second-order valence-corrected chi connectivity index (χ2v) is 8.73. The lowest BCUT2D eigenvalue weighted by Gasteiger charge is -2.42. The molecule has 0 bridgehead atoms. The lowest BCUT2D eigenvalue weighted by molar-refractivity contribution is -0.166. The van der Waals surface area contributed by atoms with Crippen LogP contribution in [0.15, 0.2) is 53.4 Å². The maximum atomic E-state index is 14.1. The van der Waals surface area contributed by atoms with Crippen LogP contribution in [0, 0.1) is 11.7 Å². The maximum absolute atomic E-state index is 14.1. The van der Waals surface area contributed by atoms with E-state index in [1.165, 1.54) is 0 Å². The average molecular weight is 428 g/mol. The van der Waals surface area contributed by atoms with Crippen LogP contribution < -0.4 is 10.0 Å². The smallest absolute Gasteiger partial charge is 0.266 e. The van der Waals surface area contributed by atoms with Gasteiger partial charge in [-0.25, -0.2) is 26.3 Å². The van der Waals surface area contributed by atoms with Gasteiger partial charge in [0.25, 0.3) is 12.3 Å². The van der Waals surface area contributed by atoms with Crippen molar-refractivity contribution in [1.82, 2.24) is 4.72 Å². The van der Waals surface area contributed by atoms with Gasteiger partial charge in [-0.15, -0.1) is 0 Å². The second kappa shape index (κ2) is 8.13. The van der Waals surface area contributed by atoms with Crippen LogP contribution in [-0.2, 0) is 10.0 Å². The van der Waals surface area contributed by atoms with E-state index in [1.807, 2.05) is 0 Å². The molecule has 10 heteroatoms. The Bertz CT molecular complexity index is 994. The molecule has 1 amide bonds. The van der Waals surface area contributed by atoms with Crippen LogP contribution in [0.5, 0.6) is 0 Å². The van der Waals surface area contributed by atoms with Crippen LogP contribution >= 0.6 is 0 Å². The van der Waals surface area contributed by atoms with Gasteiger partial charge in [-0.3, -0.25) is 4.79 Å². The van der Waals surface area contributed by atoms with Gasteiger partial charge in [0, 0.05) is 17.8 Å². The summed E-state index contributed by atoms with van der Waals surface area (Å²) in [4.78, 5) is 11.6. The first-order valence-electron chi connectivity index (χ1n) is 8.77. The van der Waals surface area contributed by atoms with Crippen molar-refractivity contribution in [2.45, 2.75) is 29.8 Å². The van der Waals surface area contributed by atoms with Gasteiger partial charge in [0.05, 0.1) is 0 Å². The molecule has 1 aliphatic rings. The Labute approximate surface area is 165 Å². The van der Waals surface area contributed by atoms with Gasteiger partial charge in [-0.2, -0.15) is 0 Å². The zero-order valence-corrected chi connectivity index (χ0v) is 15.9. The van der Waals surface area contributed by atoms with Crippen molar-refractivity contribution in [2.75, 3.05) is 11.9 Å². The van der Waals surface area contributed by atoms with Crippen LogP contribution in [0.3, 0.4) is 0 Å². The molecule has 6 nitrogen and oxygen atoms in total. The number of halogens is 3. The number of para-hydroxylation sites is 1. The number of hydrogen-bond donors (Lipinski definition) is 3. The fourth-order valence-electron chi connectivity index (χ4n) is 3.14. The normalized spacial score (nSPS) is 21.6. The summed E-state index contributed by atoms with van der Waals surface area (Å²) in [5.41, 5.74) is -1.68. The highest BCUT2D eigenvalue weighted by Crippen LogP contribution is 2.41. The van der Waals surface area contributed by atoms with E-state index in [0.29, 0.717) is 5.69 Å². The molecule has 3 rings (SSSR count). The molecule has 0 radical (unpaired) electrons. The number of anilines is 1. The van der Waals surface area contributed by atoms with Crippen molar-refractivity contribution >= 4 is 21.6 Å². The van der Waals surface area contributed by atoms with Gasteiger partial charge in [0.15, 0.2) is 0 Å². The van der Waals surface area contributed by atoms with Crippen LogP contribution in [0.1, 0.15) is 23.2 Å². The third-order valence-electron chi connectivity index (χ3n) is 4.77. The summed E-state index contributed by atoms with van der Waals surface area (Å²) in [5.74, 6) is -2.16. The first-order chi connectivity index (χ1) is 13.6. The number of sulfonamides is 1. The highest BCUT2D eigenvalue weighted by Gasteiger charge is 2.49. The second-order valence-electron chi connectivity index (χ2n) is 7.00. The van der Waals surface area contributed by atoms with Gasteiger partial charge in [0.2, 0.25) is 10.0 Å². The van der Waals surface area contributed by atoms with E-state index in [1.54, 1.807) is 30.3 Å². The van der Waals surface area contributed by atoms with Gasteiger partial charge in [-0.05, 0) is 49.1 Å². The molecular formula is C19H19F3N2O4S. The third-order valence-corrected chi connectivity index (χ3v) is 6.21. The number of alkyl halides is 2. The van der Waals surface area contributed by atoms with Gasteiger partial charge in [0.1, 0.15) is 16.3 Å². The summed E-state index contributed by atoms with van der Waals surface area (Å²) in [6, 6.07) is 11.4. The number of benzene rings is 2. The lowest BCUT2D eigenvalue weighted by atomic mass is 9.71. The van der Waals surface area contributed by atoms with Gasteiger partial charge >= 0.3 is 0 Å². The lowest BCUT2D eigenvalue weighted by Crippen LogP contribution is -2.52. The van der Waals surface area contributed by atoms with Crippen LogP contribution in [0.4, 0.5) is 18.9 Å². The molecule has 1 saturated carbocycles. The number of carbonyl (C=O) groups is 1. The summed E-state index contributed by atoms with van der Waals surface area (Å²) in [7, 11) is -4.32. The first-order valence-corrected chi connectivity index (χ1v) is 10.3. The standard InChI is InChI=1S/C19H19F3N2O4S/c20-15-7-6-13(17(25)24-14-4-2-1-3-5-14)8-16(15)29(27,28)23-11-12-9-19(26,10-12)18(21)22/h1-8,12,18,23,26H,9-11H2,(H,24,25). The SMILES string of the molecule is O=C(Nc1ccccc1)c1ccc(F)c(S(=O)(=O)NCC2CC(O)(C(F)F)C2)c1. The number of hydrogen-bond acceptors (Lipinski definition) is 4. The van der Waals surface area contributed by atoms with Crippen molar-refractivity contribution in [1.29, 1.82) is 0 Å². The molecule has 156 valence electrons. The van der Waals surface area contributed by atoms with Crippen LogP contribution in [0.2, 0.25) is 0 Å². The molecule has 0 unspecified atom stereocenters. The number of amides is 1. The summed E-state index contributed by atoms with van der Waals surface area (Å²) in [5, 5.41) is 12.1. The van der Waals surface area contributed by atoms with E-state index in [-0.39, 0.29) is 24.9 Å². The van der Waals surface area contributed by atoms with E-state index >= 15 is 0 Å². The van der Waals surface area contributed by atoms with Crippen molar-refractivity contribution in [3.05, 3.63) is 59.9 Å². The number of nitrogens with one attached hydrogen (secondary N) is 2. The average Bonchev–Trinajstić information content (AvgIpc) is 2.65. The molecule has 0 heterocycles. The van der Waals surface area contributed by atoms with E-state index in [0.717, 1.165) is 18.2 Å². The van der Waals surface area contributed by atoms with Crippen molar-refractivity contribution in [3.63, 3.8) is 0 Å². The summed E-state index contributed by atoms with van der Waals surface area (Å²) in [6.07, 6.45) is -3.42. The summed E-state index contributed by atoms with van der Waals surface area (Å²) < 4.78 is 66.4. The largest absolute Gasteiger partial charge is 0.384 e. The number of aliphatic hydroxyl groups is 1. The van der Waals surface area contributed by atoms with Crippen molar-refractivity contribution in [3.8, 4) is 0 Å². The van der Waals surface area contributed by atoms with E-state index in [4.69, 9.17) is 0 Å². The van der Waals surface area contributed by atoms with E-state index < -0.39 is 44.6 Å². The van der Waals surface area contributed by atoms with Crippen molar-refractivity contribution < 1.29 is 31.5 Å². The van der Waals surface area contributed by atoms with Gasteiger partial charge < -0.3 is 10.4 Å². The quantitative estimate of drug-likeness (QED) is 0.632. The highest BCUT2D eigenvalue weighted by atomic mass is 32.2. The Morgan fingerprint density at radius 3 is 2.45 bits per heavy atom. The molecule has 0 saturated heterocycles. The predicted molar refractivity (Wildman–Crippen MR) is 99.7 cm³/mol. The molecule has 3 N–H and O–H groups in total. The molecule has 2 aromatic rings. The first kappa shape index (κ1) is 21.3. The third kappa shape index (κ3) is 4.77. The molecule has 2 aromatic carbocycles. The molecule has 1 aliphatic carbocycles. The maximum Gasteiger partial charge on any atom is 0.266 e. The minimum absolute atomic E-state index is 0.0636. The number of rotatable bonds is 7. The molecule has 1 fully saturated rings. The topological polar surface area (TPSA) is 95.5 Å². The fourth-order valence-corrected chi connectivity index (χ4v) is 4.36. The molecule has 0 aromatic heterocycles. The minimum Gasteiger partial charge on any atom is -0.384 e. The summed E-state index contributed by atoms with van der Waals surface area (Å²) in [6.45, 7) is -0.225. The Kier molecular flexibility index (Phi) is 5.97.